The van der Waals surface area contributed by atoms with Crippen LogP contribution in [0.5, 0.6) is 0 Å². The fourth-order valence-electron chi connectivity index (χ4n) is 4.55. The first-order valence-electron chi connectivity index (χ1n) is 13.2. The third-order valence-electron chi connectivity index (χ3n) is 6.83. The summed E-state index contributed by atoms with van der Waals surface area (Å²) in [4.78, 5) is 26.6. The molecule has 2 N–H and O–H groups in total. The zero-order valence-electron chi connectivity index (χ0n) is 23.5. The number of thiophene rings is 1. The van der Waals surface area contributed by atoms with Crippen LogP contribution in [0.1, 0.15) is 23.5 Å². The van der Waals surface area contributed by atoms with Crippen molar-refractivity contribution in [2.45, 2.75) is 24.8 Å². The van der Waals surface area contributed by atoms with Gasteiger partial charge in [-0.2, -0.15) is 9.82 Å². The Morgan fingerprint density at radius 1 is 0.905 bits per heavy atom. The summed E-state index contributed by atoms with van der Waals surface area (Å²) in [7, 11) is -0.842. The van der Waals surface area contributed by atoms with Crippen molar-refractivity contribution in [1.82, 2.24) is 14.5 Å². The first kappa shape index (κ1) is 29.2. The van der Waals surface area contributed by atoms with Crippen LogP contribution in [-0.2, 0) is 26.6 Å². The topological polar surface area (TPSA) is 119 Å². The lowest BCUT2D eigenvalue weighted by molar-refractivity contribution is -0.143. The monoisotopic (exact) mass is 602 g/mol. The van der Waals surface area contributed by atoms with Gasteiger partial charge in [0.05, 0.1) is 16.9 Å². The highest BCUT2D eigenvalue weighted by molar-refractivity contribution is 7.89. The smallest absolute Gasteiger partial charge is 0.324 e. The van der Waals surface area contributed by atoms with Gasteiger partial charge in [0.1, 0.15) is 16.6 Å². The van der Waals surface area contributed by atoms with Crippen LogP contribution in [0.2, 0.25) is 0 Å². The summed E-state index contributed by atoms with van der Waals surface area (Å²) in [6.07, 6.45) is 0. The van der Waals surface area contributed by atoms with Crippen molar-refractivity contribution in [3.05, 3.63) is 89.8 Å². The van der Waals surface area contributed by atoms with Gasteiger partial charge < -0.3 is 10.1 Å². The molecule has 1 atom stereocenters. The number of nitrogens with zero attached hydrogens (tertiary/aromatic N) is 2. The minimum Gasteiger partial charge on any atom is -0.468 e. The number of nitrogens with one attached hydrogen (secondary N) is 2. The van der Waals surface area contributed by atoms with Crippen LogP contribution in [0.3, 0.4) is 0 Å². The molecule has 11 heteroatoms. The Hall–Kier alpha value is -4.32. The average molecular weight is 603 g/mol. The molecular formula is C31H30N4O5S2. The quantitative estimate of drug-likeness (QED) is 0.209. The summed E-state index contributed by atoms with van der Waals surface area (Å²) in [6, 6.07) is 24.4. The standard InChI is InChI=1S/C31H30N4O5S2/c1-19(2)27(31(37)40-4)34-42(38,39)24-16-12-21(13-17-24)20-10-14-23(15-11-20)32-29(36)26-18-25-28(22-8-6-5-7-9-22)33-35(3)30(25)41-26/h5-19,27,34H,1-4H3,(H,32,36). The van der Waals surface area contributed by atoms with E-state index in [4.69, 9.17) is 4.74 Å². The molecule has 9 nitrogen and oxygen atoms in total. The molecular weight excluding hydrogens is 572 g/mol. The van der Waals surface area contributed by atoms with Crippen LogP contribution in [0.15, 0.2) is 89.8 Å². The Morgan fingerprint density at radius 2 is 1.52 bits per heavy atom. The van der Waals surface area contributed by atoms with Crippen LogP contribution in [0.25, 0.3) is 32.6 Å². The first-order valence-corrected chi connectivity index (χ1v) is 15.5. The second-order valence-electron chi connectivity index (χ2n) is 10.1. The molecule has 42 heavy (non-hydrogen) atoms. The van der Waals surface area contributed by atoms with Crippen molar-refractivity contribution in [2.24, 2.45) is 13.0 Å². The second-order valence-corrected chi connectivity index (χ2v) is 12.8. The molecule has 2 aromatic heterocycles. The van der Waals surface area contributed by atoms with Crippen molar-refractivity contribution in [3.8, 4) is 22.4 Å². The zero-order valence-corrected chi connectivity index (χ0v) is 25.1. The molecule has 2 heterocycles. The van der Waals surface area contributed by atoms with Crippen LogP contribution in [-0.4, -0.2) is 43.2 Å². The minimum atomic E-state index is -3.93. The number of hydrogen-bond donors (Lipinski definition) is 2. The number of amides is 1. The molecule has 1 amide bonds. The minimum absolute atomic E-state index is 0.0404. The van der Waals surface area contributed by atoms with Crippen molar-refractivity contribution >= 4 is 49.1 Å². The lowest BCUT2D eigenvalue weighted by Gasteiger charge is -2.19. The normalized spacial score (nSPS) is 12.4. The lowest BCUT2D eigenvalue weighted by Crippen LogP contribution is -2.44. The molecule has 0 radical (unpaired) electrons. The first-order chi connectivity index (χ1) is 20.1. The number of anilines is 1. The number of fused-ring (bicyclic) bond motifs is 1. The molecule has 0 aliphatic carbocycles. The Morgan fingerprint density at radius 3 is 2.12 bits per heavy atom. The summed E-state index contributed by atoms with van der Waals surface area (Å²) in [6.45, 7) is 3.47. The number of ether oxygens (including phenoxy) is 1. The van der Waals surface area contributed by atoms with Crippen molar-refractivity contribution < 1.29 is 22.7 Å². The van der Waals surface area contributed by atoms with E-state index in [-0.39, 0.29) is 16.7 Å². The predicted molar refractivity (Wildman–Crippen MR) is 165 cm³/mol. The Labute approximate surface area is 248 Å². The average Bonchev–Trinajstić information content (AvgIpc) is 3.57. The molecule has 0 saturated carbocycles. The van der Waals surface area contributed by atoms with E-state index in [1.54, 1.807) is 42.8 Å². The molecule has 5 aromatic rings. The fourth-order valence-corrected chi connectivity index (χ4v) is 6.85. The van der Waals surface area contributed by atoms with Crippen LogP contribution in [0, 0.1) is 5.92 Å². The number of carbonyl (C=O) groups is 2. The molecule has 0 bridgehead atoms. The zero-order chi connectivity index (χ0) is 30.0. The second kappa shape index (κ2) is 11.9. The molecule has 0 spiro atoms. The number of rotatable bonds is 9. The molecule has 0 fully saturated rings. The largest absolute Gasteiger partial charge is 0.468 e. The van der Waals surface area contributed by atoms with E-state index in [2.05, 4.69) is 15.1 Å². The molecule has 5 rings (SSSR count). The molecule has 216 valence electrons. The van der Waals surface area contributed by atoms with Gasteiger partial charge in [0, 0.05) is 23.7 Å². The van der Waals surface area contributed by atoms with Gasteiger partial charge in [0.25, 0.3) is 5.91 Å². The molecule has 3 aromatic carbocycles. The van der Waals surface area contributed by atoms with E-state index in [1.165, 1.54) is 30.6 Å². The highest BCUT2D eigenvalue weighted by Crippen LogP contribution is 2.34. The third kappa shape index (κ3) is 5.98. The number of esters is 1. The van der Waals surface area contributed by atoms with E-state index in [1.807, 2.05) is 55.6 Å². The van der Waals surface area contributed by atoms with Gasteiger partial charge in [-0.25, -0.2) is 8.42 Å². The third-order valence-corrected chi connectivity index (χ3v) is 9.48. The van der Waals surface area contributed by atoms with Gasteiger partial charge >= 0.3 is 5.97 Å². The number of aryl methyl sites for hydroxylation is 1. The highest BCUT2D eigenvalue weighted by Gasteiger charge is 2.29. The van der Waals surface area contributed by atoms with Crippen molar-refractivity contribution in [3.63, 3.8) is 0 Å². The van der Waals surface area contributed by atoms with Crippen LogP contribution < -0.4 is 10.0 Å². The Kier molecular flexibility index (Phi) is 8.26. The highest BCUT2D eigenvalue weighted by atomic mass is 32.2. The number of hydrogen-bond acceptors (Lipinski definition) is 7. The SMILES string of the molecule is COC(=O)C(NS(=O)(=O)c1ccc(-c2ccc(NC(=O)c3cc4c(-c5ccccc5)nn(C)c4s3)cc2)cc1)C(C)C. The summed E-state index contributed by atoms with van der Waals surface area (Å²) in [5, 5.41) is 8.51. The summed E-state index contributed by atoms with van der Waals surface area (Å²) < 4.78 is 34.7. The number of carbonyl (C=O) groups excluding carboxylic acids is 2. The number of aromatic nitrogens is 2. The van der Waals surface area contributed by atoms with E-state index < -0.39 is 22.0 Å². The predicted octanol–water partition coefficient (Wildman–Crippen LogP) is 5.70. The fraction of sp³-hybridized carbons (Fsp3) is 0.194. The van der Waals surface area contributed by atoms with Crippen molar-refractivity contribution in [2.75, 3.05) is 12.4 Å². The van der Waals surface area contributed by atoms with Crippen LogP contribution >= 0.6 is 11.3 Å². The lowest BCUT2D eigenvalue weighted by atomic mass is 10.1. The summed E-state index contributed by atoms with van der Waals surface area (Å²) in [5.41, 5.74) is 4.11. The van der Waals surface area contributed by atoms with E-state index in [0.717, 1.165) is 32.6 Å². The van der Waals surface area contributed by atoms with Gasteiger partial charge in [-0.1, -0.05) is 68.4 Å². The van der Waals surface area contributed by atoms with Gasteiger partial charge in [-0.3, -0.25) is 14.3 Å². The van der Waals surface area contributed by atoms with Crippen molar-refractivity contribution in [1.29, 1.82) is 0 Å². The maximum Gasteiger partial charge on any atom is 0.324 e. The van der Waals surface area contributed by atoms with Gasteiger partial charge in [0.15, 0.2) is 0 Å². The molecule has 0 aliphatic rings. The van der Waals surface area contributed by atoms with E-state index >= 15 is 0 Å². The molecule has 0 aliphatic heterocycles. The summed E-state index contributed by atoms with van der Waals surface area (Å²) >= 11 is 1.39. The Bertz CT molecular complexity index is 1840. The summed E-state index contributed by atoms with van der Waals surface area (Å²) in [5.74, 6) is -1.14. The van der Waals surface area contributed by atoms with E-state index in [9.17, 15) is 18.0 Å². The van der Waals surface area contributed by atoms with Crippen LogP contribution in [0.4, 0.5) is 5.69 Å². The molecule has 0 saturated heterocycles. The van der Waals surface area contributed by atoms with Gasteiger partial charge in [-0.15, -0.1) is 11.3 Å². The van der Waals surface area contributed by atoms with Gasteiger partial charge in [0.2, 0.25) is 10.0 Å². The Balaban J connectivity index is 1.28. The van der Waals surface area contributed by atoms with E-state index in [0.29, 0.717) is 10.6 Å². The maximum atomic E-state index is 13.1. The number of benzene rings is 3. The maximum absolute atomic E-state index is 13.1. The molecule has 1 unspecified atom stereocenters. The number of methoxy groups -OCH3 is 1. The number of sulfonamides is 1. The van der Waals surface area contributed by atoms with Gasteiger partial charge in [-0.05, 0) is 47.4 Å².